The van der Waals surface area contributed by atoms with E-state index in [1.807, 2.05) is 55.5 Å². The SMILES string of the molecule is Cc1cccc(NC(=O)Cn2nc(C)c3cnn(-c4ccccc4)c3c2=O)c1. The third-order valence-electron chi connectivity index (χ3n) is 4.46. The highest BCUT2D eigenvalue weighted by Gasteiger charge is 2.16. The summed E-state index contributed by atoms with van der Waals surface area (Å²) in [7, 11) is 0. The number of nitrogens with one attached hydrogen (secondary N) is 1. The van der Waals surface area contributed by atoms with Gasteiger partial charge in [-0.3, -0.25) is 9.59 Å². The van der Waals surface area contributed by atoms with Crippen LogP contribution in [-0.4, -0.2) is 25.5 Å². The maximum Gasteiger partial charge on any atom is 0.293 e. The fourth-order valence-electron chi connectivity index (χ4n) is 3.15. The third kappa shape index (κ3) is 3.29. The van der Waals surface area contributed by atoms with Crippen LogP contribution in [0.25, 0.3) is 16.6 Å². The number of aromatic nitrogens is 4. The van der Waals surface area contributed by atoms with Crippen molar-refractivity contribution < 1.29 is 4.79 Å². The summed E-state index contributed by atoms with van der Waals surface area (Å²) >= 11 is 0. The number of fused-ring (bicyclic) bond motifs is 1. The van der Waals surface area contributed by atoms with Crippen molar-refractivity contribution in [2.75, 3.05) is 5.32 Å². The number of benzene rings is 2. The van der Waals surface area contributed by atoms with Crippen molar-refractivity contribution in [2.45, 2.75) is 20.4 Å². The summed E-state index contributed by atoms with van der Waals surface area (Å²) in [5, 5.41) is 12.1. The zero-order valence-electron chi connectivity index (χ0n) is 15.6. The van der Waals surface area contributed by atoms with Gasteiger partial charge >= 0.3 is 0 Å². The van der Waals surface area contributed by atoms with Crippen LogP contribution in [0, 0.1) is 13.8 Å². The van der Waals surface area contributed by atoms with Crippen LogP contribution in [0.3, 0.4) is 0 Å². The molecule has 0 atom stereocenters. The summed E-state index contributed by atoms with van der Waals surface area (Å²) < 4.78 is 2.77. The standard InChI is InChI=1S/C21H19N5O2/c1-14-7-6-8-16(11-14)23-19(27)13-25-21(28)20-18(15(2)24-25)12-22-26(20)17-9-4-3-5-10-17/h3-12H,13H2,1-2H3,(H,23,27). The second-order valence-corrected chi connectivity index (χ2v) is 6.62. The van der Waals surface area contributed by atoms with Gasteiger partial charge < -0.3 is 5.32 Å². The molecule has 0 aliphatic carbocycles. The van der Waals surface area contributed by atoms with E-state index in [2.05, 4.69) is 15.5 Å². The van der Waals surface area contributed by atoms with E-state index in [4.69, 9.17) is 0 Å². The molecule has 1 N–H and O–H groups in total. The predicted molar refractivity (Wildman–Crippen MR) is 108 cm³/mol. The first kappa shape index (κ1) is 17.7. The maximum atomic E-state index is 13.0. The van der Waals surface area contributed by atoms with Crippen LogP contribution >= 0.6 is 0 Å². The van der Waals surface area contributed by atoms with Crippen molar-refractivity contribution in [2.24, 2.45) is 0 Å². The van der Waals surface area contributed by atoms with Gasteiger partial charge in [0.1, 0.15) is 12.1 Å². The zero-order chi connectivity index (χ0) is 19.7. The number of hydrogen-bond donors (Lipinski definition) is 1. The number of aryl methyl sites for hydroxylation is 2. The number of amides is 1. The van der Waals surface area contributed by atoms with Gasteiger partial charge in [0.25, 0.3) is 5.56 Å². The Morgan fingerprint density at radius 3 is 2.61 bits per heavy atom. The molecule has 0 aliphatic rings. The first-order valence-corrected chi connectivity index (χ1v) is 8.90. The lowest BCUT2D eigenvalue weighted by molar-refractivity contribution is -0.117. The molecular weight excluding hydrogens is 354 g/mol. The lowest BCUT2D eigenvalue weighted by Crippen LogP contribution is -2.31. The number of rotatable bonds is 4. The molecule has 0 unspecified atom stereocenters. The molecule has 4 aromatic rings. The number of carbonyl (C=O) groups excluding carboxylic acids is 1. The van der Waals surface area contributed by atoms with Gasteiger partial charge in [-0.25, -0.2) is 9.36 Å². The molecule has 2 heterocycles. The van der Waals surface area contributed by atoms with Gasteiger partial charge in [0.2, 0.25) is 5.91 Å². The Labute approximate surface area is 161 Å². The number of nitrogens with zero attached hydrogens (tertiary/aromatic N) is 4. The molecule has 0 aliphatic heterocycles. The second kappa shape index (κ2) is 7.11. The second-order valence-electron chi connectivity index (χ2n) is 6.62. The van der Waals surface area contributed by atoms with Gasteiger partial charge in [-0.1, -0.05) is 30.3 Å². The molecule has 4 rings (SSSR count). The first-order chi connectivity index (χ1) is 13.5. The molecule has 1 amide bonds. The summed E-state index contributed by atoms with van der Waals surface area (Å²) in [4.78, 5) is 25.5. The third-order valence-corrected chi connectivity index (χ3v) is 4.46. The van der Waals surface area contributed by atoms with Crippen LogP contribution < -0.4 is 10.9 Å². The van der Waals surface area contributed by atoms with Crippen LogP contribution in [0.4, 0.5) is 5.69 Å². The molecular formula is C21H19N5O2. The Kier molecular flexibility index (Phi) is 4.49. The Bertz CT molecular complexity index is 1220. The van der Waals surface area contributed by atoms with Crippen molar-refractivity contribution in [3.05, 3.63) is 82.4 Å². The molecule has 2 aromatic carbocycles. The molecule has 0 bridgehead atoms. The zero-order valence-corrected chi connectivity index (χ0v) is 15.6. The van der Waals surface area contributed by atoms with E-state index in [0.717, 1.165) is 11.3 Å². The van der Waals surface area contributed by atoms with E-state index in [-0.39, 0.29) is 18.0 Å². The lowest BCUT2D eigenvalue weighted by Gasteiger charge is -2.09. The van der Waals surface area contributed by atoms with Crippen molar-refractivity contribution in [3.8, 4) is 5.69 Å². The van der Waals surface area contributed by atoms with Gasteiger partial charge in [0, 0.05) is 11.1 Å². The van der Waals surface area contributed by atoms with E-state index in [1.54, 1.807) is 23.9 Å². The van der Waals surface area contributed by atoms with Gasteiger partial charge in [0.15, 0.2) is 0 Å². The minimum absolute atomic E-state index is 0.177. The molecule has 0 radical (unpaired) electrons. The quantitative estimate of drug-likeness (QED) is 0.596. The predicted octanol–water partition coefficient (Wildman–Crippen LogP) is 2.84. The summed E-state index contributed by atoms with van der Waals surface area (Å²) in [6.45, 7) is 3.57. The Morgan fingerprint density at radius 2 is 1.86 bits per heavy atom. The minimum Gasteiger partial charge on any atom is -0.324 e. The van der Waals surface area contributed by atoms with Crippen molar-refractivity contribution in [3.63, 3.8) is 0 Å². The van der Waals surface area contributed by atoms with Crippen molar-refractivity contribution in [1.29, 1.82) is 0 Å². The topological polar surface area (TPSA) is 81.8 Å². The smallest absolute Gasteiger partial charge is 0.293 e. The van der Waals surface area contributed by atoms with Gasteiger partial charge in [0.05, 0.1) is 17.6 Å². The first-order valence-electron chi connectivity index (χ1n) is 8.90. The van der Waals surface area contributed by atoms with Crippen LogP contribution in [0.15, 0.2) is 65.6 Å². The highest BCUT2D eigenvalue weighted by molar-refractivity contribution is 5.90. The fraction of sp³-hybridized carbons (Fsp3) is 0.143. The number of carbonyl (C=O) groups is 1. The summed E-state index contributed by atoms with van der Waals surface area (Å²) in [5.74, 6) is -0.315. The average molecular weight is 373 g/mol. The number of hydrogen-bond acceptors (Lipinski definition) is 4. The van der Waals surface area contributed by atoms with Gasteiger partial charge in [-0.2, -0.15) is 10.2 Å². The van der Waals surface area contributed by atoms with E-state index < -0.39 is 0 Å². The van der Waals surface area contributed by atoms with Gasteiger partial charge in [-0.15, -0.1) is 0 Å². The molecule has 0 fully saturated rings. The molecule has 7 nitrogen and oxygen atoms in total. The fourth-order valence-corrected chi connectivity index (χ4v) is 3.15. The van der Waals surface area contributed by atoms with Crippen LogP contribution in [0.1, 0.15) is 11.3 Å². The highest BCUT2D eigenvalue weighted by Crippen LogP contribution is 2.17. The van der Waals surface area contributed by atoms with Crippen molar-refractivity contribution >= 4 is 22.5 Å². The highest BCUT2D eigenvalue weighted by atomic mass is 16.2. The largest absolute Gasteiger partial charge is 0.324 e. The van der Waals surface area contributed by atoms with Gasteiger partial charge in [-0.05, 0) is 43.7 Å². The van der Waals surface area contributed by atoms with Crippen LogP contribution in [0.5, 0.6) is 0 Å². The van der Waals surface area contributed by atoms with Crippen LogP contribution in [-0.2, 0) is 11.3 Å². The number of para-hydroxylation sites is 1. The number of anilines is 1. The Morgan fingerprint density at radius 1 is 1.07 bits per heavy atom. The Balaban J connectivity index is 1.71. The van der Waals surface area contributed by atoms with Crippen LogP contribution in [0.2, 0.25) is 0 Å². The summed E-state index contributed by atoms with van der Waals surface area (Å²) in [5.41, 5.74) is 3.18. The molecule has 0 spiro atoms. The molecule has 28 heavy (non-hydrogen) atoms. The minimum atomic E-state index is -0.360. The van der Waals surface area contributed by atoms with E-state index in [0.29, 0.717) is 22.3 Å². The molecule has 0 saturated heterocycles. The van der Waals surface area contributed by atoms with Crippen molar-refractivity contribution in [1.82, 2.24) is 19.6 Å². The lowest BCUT2D eigenvalue weighted by atomic mass is 10.2. The van der Waals surface area contributed by atoms with E-state index in [9.17, 15) is 9.59 Å². The average Bonchev–Trinajstić information content (AvgIpc) is 3.12. The maximum absolute atomic E-state index is 13.0. The molecule has 0 saturated carbocycles. The summed E-state index contributed by atoms with van der Waals surface area (Å²) in [6, 6.07) is 16.9. The van der Waals surface area contributed by atoms with E-state index >= 15 is 0 Å². The van der Waals surface area contributed by atoms with E-state index in [1.165, 1.54) is 4.68 Å². The monoisotopic (exact) mass is 373 g/mol. The normalized spacial score (nSPS) is 10.9. The molecule has 2 aromatic heterocycles. The molecule has 140 valence electrons. The summed E-state index contributed by atoms with van der Waals surface area (Å²) in [6.07, 6.45) is 1.63. The molecule has 7 heteroatoms. The Hall–Kier alpha value is -3.74.